The van der Waals surface area contributed by atoms with Gasteiger partial charge in [0.05, 0.1) is 11.8 Å². The topological polar surface area (TPSA) is 63.2 Å². The van der Waals surface area contributed by atoms with E-state index in [-0.39, 0.29) is 5.75 Å². The van der Waals surface area contributed by atoms with E-state index >= 15 is 0 Å². The molecule has 0 aliphatic rings. The van der Waals surface area contributed by atoms with Crippen LogP contribution in [0.1, 0.15) is 12.5 Å². The van der Waals surface area contributed by atoms with Gasteiger partial charge in [0.2, 0.25) is 10.0 Å². The number of hydrogen-bond acceptors (Lipinski definition) is 3. The number of sulfonamides is 1. The molecule has 0 spiro atoms. The molecule has 0 aliphatic carbocycles. The predicted octanol–water partition coefficient (Wildman–Crippen LogP) is 0.736. The molecule has 0 fully saturated rings. The van der Waals surface area contributed by atoms with Gasteiger partial charge < -0.3 is 4.79 Å². The normalized spacial score (nSPS) is 13.3. The minimum absolute atomic E-state index is 0.0217. The number of benzene rings is 1. The van der Waals surface area contributed by atoms with Gasteiger partial charge in [0.1, 0.15) is 6.29 Å². The van der Waals surface area contributed by atoms with E-state index in [1.165, 1.54) is 6.92 Å². The first-order valence-corrected chi connectivity index (χ1v) is 6.72. The molecule has 0 heterocycles. The summed E-state index contributed by atoms with van der Waals surface area (Å²) in [7, 11) is -3.33. The van der Waals surface area contributed by atoms with Gasteiger partial charge in [0, 0.05) is 0 Å². The van der Waals surface area contributed by atoms with Crippen LogP contribution in [0, 0.1) is 0 Å². The highest BCUT2D eigenvalue weighted by Crippen LogP contribution is 2.02. The molecule has 0 saturated carbocycles. The molecule has 0 saturated heterocycles. The molecule has 0 bridgehead atoms. The van der Waals surface area contributed by atoms with Crippen LogP contribution < -0.4 is 4.72 Å². The number of rotatable bonds is 6. The van der Waals surface area contributed by atoms with Crippen LogP contribution in [0.3, 0.4) is 0 Å². The third-order valence-corrected chi connectivity index (χ3v) is 3.60. The Kier molecular flexibility index (Phi) is 4.64. The average molecular weight is 241 g/mol. The molecule has 4 nitrogen and oxygen atoms in total. The lowest BCUT2D eigenvalue weighted by Crippen LogP contribution is -2.38. The molecule has 1 atom stereocenters. The van der Waals surface area contributed by atoms with E-state index < -0.39 is 16.1 Å². The van der Waals surface area contributed by atoms with Crippen LogP contribution in [0.15, 0.2) is 30.3 Å². The zero-order valence-corrected chi connectivity index (χ0v) is 9.91. The molecule has 1 aromatic carbocycles. The molecule has 1 N–H and O–H groups in total. The summed E-state index contributed by atoms with van der Waals surface area (Å²) < 4.78 is 24.9. The lowest BCUT2D eigenvalue weighted by Gasteiger charge is -2.11. The van der Waals surface area contributed by atoms with Crippen molar-refractivity contribution in [3.63, 3.8) is 0 Å². The second-order valence-electron chi connectivity index (χ2n) is 3.45. The fourth-order valence-corrected chi connectivity index (χ4v) is 2.07. The lowest BCUT2D eigenvalue weighted by atomic mass is 10.1. The van der Waals surface area contributed by atoms with E-state index in [1.54, 1.807) is 0 Å². The van der Waals surface area contributed by atoms with E-state index in [0.717, 1.165) is 5.56 Å². The Balaban J connectivity index is 2.67. The SMILES string of the molecule is CCS(=O)(=O)N[C@@H](C=O)Cc1ccccc1. The molecule has 16 heavy (non-hydrogen) atoms. The smallest absolute Gasteiger partial charge is 0.211 e. The summed E-state index contributed by atoms with van der Waals surface area (Å²) in [6.07, 6.45) is 1.00. The molecule has 0 radical (unpaired) electrons. The van der Waals surface area contributed by atoms with Crippen LogP contribution in [0.25, 0.3) is 0 Å². The van der Waals surface area contributed by atoms with E-state index in [4.69, 9.17) is 0 Å². The van der Waals surface area contributed by atoms with Crippen molar-refractivity contribution in [3.8, 4) is 0 Å². The Bertz CT molecular complexity index is 428. The van der Waals surface area contributed by atoms with Crippen molar-refractivity contribution in [1.29, 1.82) is 0 Å². The van der Waals surface area contributed by atoms with Gasteiger partial charge in [0.25, 0.3) is 0 Å². The standard InChI is InChI=1S/C11H15NO3S/c1-2-16(14,15)12-11(9-13)8-10-6-4-3-5-7-10/h3-7,9,11-12H,2,8H2,1H3/t11-/m1/s1. The Morgan fingerprint density at radius 2 is 1.94 bits per heavy atom. The largest absolute Gasteiger partial charge is 0.302 e. The summed E-state index contributed by atoms with van der Waals surface area (Å²) in [5.74, 6) is -0.0217. The van der Waals surface area contributed by atoms with Gasteiger partial charge >= 0.3 is 0 Å². The predicted molar refractivity (Wildman–Crippen MR) is 62.6 cm³/mol. The summed E-state index contributed by atoms with van der Waals surface area (Å²) >= 11 is 0. The Hall–Kier alpha value is -1.20. The van der Waals surface area contributed by atoms with Gasteiger partial charge in [-0.3, -0.25) is 0 Å². The monoisotopic (exact) mass is 241 g/mol. The fourth-order valence-electron chi connectivity index (χ4n) is 1.30. The van der Waals surface area contributed by atoms with E-state index in [0.29, 0.717) is 12.7 Å². The summed E-state index contributed by atoms with van der Waals surface area (Å²) in [5.41, 5.74) is 0.929. The third-order valence-electron chi connectivity index (χ3n) is 2.17. The molecule has 0 aliphatic heterocycles. The number of nitrogens with one attached hydrogen (secondary N) is 1. The molecular formula is C11H15NO3S. The van der Waals surface area contributed by atoms with Gasteiger partial charge in [-0.15, -0.1) is 0 Å². The van der Waals surface area contributed by atoms with Gasteiger partial charge in [-0.05, 0) is 18.9 Å². The van der Waals surface area contributed by atoms with Crippen LogP contribution in [0.4, 0.5) is 0 Å². The van der Waals surface area contributed by atoms with Gasteiger partial charge in [-0.25, -0.2) is 13.1 Å². The Morgan fingerprint density at radius 1 is 1.31 bits per heavy atom. The van der Waals surface area contributed by atoms with Crippen LogP contribution in [0.5, 0.6) is 0 Å². The molecule has 1 aromatic rings. The molecular weight excluding hydrogens is 226 g/mol. The highest BCUT2D eigenvalue weighted by atomic mass is 32.2. The van der Waals surface area contributed by atoms with E-state index in [9.17, 15) is 13.2 Å². The summed E-state index contributed by atoms with van der Waals surface area (Å²) in [6.45, 7) is 1.53. The number of carbonyl (C=O) groups excluding carboxylic acids is 1. The first-order valence-electron chi connectivity index (χ1n) is 5.06. The second-order valence-corrected chi connectivity index (χ2v) is 5.50. The first kappa shape index (κ1) is 12.9. The molecule has 5 heteroatoms. The van der Waals surface area contributed by atoms with Crippen molar-refractivity contribution in [2.24, 2.45) is 0 Å². The first-order chi connectivity index (χ1) is 7.57. The van der Waals surface area contributed by atoms with Gasteiger partial charge in [-0.1, -0.05) is 30.3 Å². The third kappa shape index (κ3) is 4.12. The van der Waals surface area contributed by atoms with Crippen LogP contribution in [-0.2, 0) is 21.2 Å². The minimum Gasteiger partial charge on any atom is -0.302 e. The molecule has 0 unspecified atom stereocenters. The maximum absolute atomic E-state index is 11.3. The summed E-state index contributed by atoms with van der Waals surface area (Å²) in [6, 6.07) is 8.60. The van der Waals surface area contributed by atoms with E-state index in [2.05, 4.69) is 4.72 Å². The fraction of sp³-hybridized carbons (Fsp3) is 0.364. The van der Waals surface area contributed by atoms with E-state index in [1.807, 2.05) is 30.3 Å². The lowest BCUT2D eigenvalue weighted by molar-refractivity contribution is -0.109. The van der Waals surface area contributed by atoms with Gasteiger partial charge in [0.15, 0.2) is 0 Å². The van der Waals surface area contributed by atoms with Crippen LogP contribution in [-0.4, -0.2) is 26.5 Å². The van der Waals surface area contributed by atoms with Gasteiger partial charge in [-0.2, -0.15) is 0 Å². The molecule has 0 aromatic heterocycles. The minimum atomic E-state index is -3.33. The number of carbonyl (C=O) groups is 1. The molecule has 0 amide bonds. The average Bonchev–Trinajstić information content (AvgIpc) is 2.29. The number of hydrogen-bond donors (Lipinski definition) is 1. The maximum Gasteiger partial charge on any atom is 0.211 e. The van der Waals surface area contributed by atoms with Crippen LogP contribution >= 0.6 is 0 Å². The number of aldehydes is 1. The highest BCUT2D eigenvalue weighted by Gasteiger charge is 2.15. The van der Waals surface area contributed by atoms with Crippen molar-refractivity contribution in [3.05, 3.63) is 35.9 Å². The van der Waals surface area contributed by atoms with Crippen LogP contribution in [0.2, 0.25) is 0 Å². The zero-order valence-electron chi connectivity index (χ0n) is 9.09. The zero-order chi connectivity index (χ0) is 12.0. The van der Waals surface area contributed by atoms with Crippen molar-refractivity contribution < 1.29 is 13.2 Å². The summed E-state index contributed by atoms with van der Waals surface area (Å²) in [5, 5.41) is 0. The molecule has 1 rings (SSSR count). The molecule has 88 valence electrons. The Labute approximate surface area is 95.7 Å². The maximum atomic E-state index is 11.3. The summed E-state index contributed by atoms with van der Waals surface area (Å²) in [4.78, 5) is 10.8. The highest BCUT2D eigenvalue weighted by molar-refractivity contribution is 7.89. The van der Waals surface area contributed by atoms with Crippen molar-refractivity contribution in [2.75, 3.05) is 5.75 Å². The van der Waals surface area contributed by atoms with Crippen molar-refractivity contribution in [2.45, 2.75) is 19.4 Å². The van der Waals surface area contributed by atoms with Crippen molar-refractivity contribution in [1.82, 2.24) is 4.72 Å². The quantitative estimate of drug-likeness (QED) is 0.747. The second kappa shape index (κ2) is 5.77. The van der Waals surface area contributed by atoms with Crippen molar-refractivity contribution >= 4 is 16.3 Å². The Morgan fingerprint density at radius 3 is 2.44 bits per heavy atom.